The van der Waals surface area contributed by atoms with E-state index in [1.165, 1.54) is 13.2 Å². The number of carboxylic acid groups (broad SMARTS) is 1. The van der Waals surface area contributed by atoms with Crippen molar-refractivity contribution < 1.29 is 19.0 Å². The van der Waals surface area contributed by atoms with Crippen molar-refractivity contribution in [2.24, 2.45) is 0 Å². The van der Waals surface area contributed by atoms with Gasteiger partial charge < -0.3 is 15.2 Å². The molecule has 1 aromatic rings. The second-order valence-corrected chi connectivity index (χ2v) is 3.39. The van der Waals surface area contributed by atoms with Crippen molar-refractivity contribution >= 4 is 5.97 Å². The highest BCUT2D eigenvalue weighted by molar-refractivity contribution is 5.69. The summed E-state index contributed by atoms with van der Waals surface area (Å²) in [6.45, 7) is 1.66. The topological polar surface area (TPSA) is 58.6 Å². The van der Waals surface area contributed by atoms with E-state index in [0.29, 0.717) is 0 Å². The molecule has 0 radical (unpaired) electrons. The molecule has 0 aliphatic carbocycles. The molecule has 0 heterocycles. The third-order valence-corrected chi connectivity index (χ3v) is 2.23. The number of carbonyl (C=O) groups is 1. The van der Waals surface area contributed by atoms with Gasteiger partial charge in [0.1, 0.15) is 0 Å². The molecule has 0 aromatic heterocycles. The van der Waals surface area contributed by atoms with Gasteiger partial charge in [-0.3, -0.25) is 4.79 Å². The number of rotatable bonds is 5. The summed E-state index contributed by atoms with van der Waals surface area (Å²) in [7, 11) is 1.39. The molecule has 0 aliphatic rings. The van der Waals surface area contributed by atoms with E-state index in [4.69, 9.17) is 9.84 Å². The molecule has 0 bridgehead atoms. The Kier molecular flexibility index (Phi) is 4.25. The van der Waals surface area contributed by atoms with Gasteiger partial charge in [-0.15, -0.1) is 0 Å². The first-order valence-corrected chi connectivity index (χ1v) is 4.83. The van der Waals surface area contributed by atoms with Gasteiger partial charge in [0.15, 0.2) is 11.6 Å². The summed E-state index contributed by atoms with van der Waals surface area (Å²) in [4.78, 5) is 10.4. The number of methoxy groups -OCH3 is 1. The number of aliphatic carboxylic acids is 1. The maximum Gasteiger partial charge on any atom is 0.317 e. The molecule has 1 atom stereocenters. The van der Waals surface area contributed by atoms with Crippen LogP contribution in [0.25, 0.3) is 0 Å². The maximum atomic E-state index is 13.1. The van der Waals surface area contributed by atoms with Gasteiger partial charge in [-0.05, 0) is 24.6 Å². The minimum Gasteiger partial charge on any atom is -0.494 e. The molecule has 88 valence electrons. The third kappa shape index (κ3) is 3.20. The number of ether oxygens (including phenoxy) is 1. The van der Waals surface area contributed by atoms with E-state index in [1.807, 2.05) is 0 Å². The molecular weight excluding hydrogens is 213 g/mol. The number of hydrogen-bond donors (Lipinski definition) is 2. The van der Waals surface area contributed by atoms with Gasteiger partial charge in [0.2, 0.25) is 0 Å². The lowest BCUT2D eigenvalue weighted by Crippen LogP contribution is -2.25. The van der Waals surface area contributed by atoms with Crippen LogP contribution in [0.1, 0.15) is 18.5 Å². The van der Waals surface area contributed by atoms with Crippen LogP contribution in [-0.2, 0) is 4.79 Å². The second kappa shape index (κ2) is 5.46. The lowest BCUT2D eigenvalue weighted by atomic mass is 10.1. The predicted octanol–water partition coefficient (Wildman–Crippen LogP) is 1.57. The van der Waals surface area contributed by atoms with Crippen LogP contribution in [0.2, 0.25) is 0 Å². The lowest BCUT2D eigenvalue weighted by molar-refractivity contribution is -0.136. The molecule has 0 saturated carbocycles. The molecule has 0 amide bonds. The Bertz CT molecular complexity index is 381. The van der Waals surface area contributed by atoms with Gasteiger partial charge in [0, 0.05) is 6.04 Å². The fourth-order valence-electron chi connectivity index (χ4n) is 1.30. The molecule has 1 aromatic carbocycles. The average molecular weight is 227 g/mol. The molecule has 0 fully saturated rings. The van der Waals surface area contributed by atoms with Crippen molar-refractivity contribution in [2.45, 2.75) is 13.0 Å². The van der Waals surface area contributed by atoms with Crippen molar-refractivity contribution in [1.29, 1.82) is 0 Å². The first-order chi connectivity index (χ1) is 7.54. The largest absolute Gasteiger partial charge is 0.494 e. The lowest BCUT2D eigenvalue weighted by Gasteiger charge is -2.13. The Morgan fingerprint density at radius 3 is 2.88 bits per heavy atom. The fraction of sp³-hybridized carbons (Fsp3) is 0.364. The van der Waals surface area contributed by atoms with Crippen LogP contribution in [0, 0.1) is 5.82 Å². The van der Waals surface area contributed by atoms with Gasteiger partial charge in [-0.25, -0.2) is 4.39 Å². The Labute approximate surface area is 93.0 Å². The quantitative estimate of drug-likeness (QED) is 0.801. The van der Waals surface area contributed by atoms with Crippen molar-refractivity contribution in [3.63, 3.8) is 0 Å². The van der Waals surface area contributed by atoms with Crippen LogP contribution >= 0.6 is 0 Å². The summed E-state index contributed by atoms with van der Waals surface area (Å²) in [6.07, 6.45) is 0. The molecule has 5 heteroatoms. The van der Waals surface area contributed by atoms with Crippen LogP contribution in [0.15, 0.2) is 18.2 Å². The maximum absolute atomic E-state index is 13.1. The van der Waals surface area contributed by atoms with E-state index in [9.17, 15) is 9.18 Å². The molecule has 0 spiro atoms. The molecule has 1 rings (SSSR count). The second-order valence-electron chi connectivity index (χ2n) is 3.39. The number of benzene rings is 1. The molecular formula is C11H14FNO3. The SMILES string of the molecule is COc1cc(C(C)NCC(=O)O)ccc1F. The van der Waals surface area contributed by atoms with Crippen LogP contribution in [0.5, 0.6) is 5.75 Å². The summed E-state index contributed by atoms with van der Waals surface area (Å²) < 4.78 is 18.0. The minimum absolute atomic E-state index is 0.138. The Morgan fingerprint density at radius 2 is 2.31 bits per heavy atom. The standard InChI is InChI=1S/C11H14FNO3/c1-7(13-6-11(14)15)8-3-4-9(12)10(5-8)16-2/h3-5,7,13H,6H2,1-2H3,(H,14,15). The third-order valence-electron chi connectivity index (χ3n) is 2.23. The van der Waals surface area contributed by atoms with E-state index in [2.05, 4.69) is 5.32 Å². The molecule has 0 aliphatic heterocycles. The van der Waals surface area contributed by atoms with Gasteiger partial charge in [0.25, 0.3) is 0 Å². The molecule has 16 heavy (non-hydrogen) atoms. The number of carboxylic acids is 1. The van der Waals surface area contributed by atoms with Crippen molar-refractivity contribution in [2.75, 3.05) is 13.7 Å². The van der Waals surface area contributed by atoms with Gasteiger partial charge >= 0.3 is 5.97 Å². The van der Waals surface area contributed by atoms with E-state index in [-0.39, 0.29) is 18.3 Å². The van der Waals surface area contributed by atoms with Crippen LogP contribution in [0.4, 0.5) is 4.39 Å². The Hall–Kier alpha value is -1.62. The number of halogens is 1. The average Bonchev–Trinajstić information content (AvgIpc) is 2.26. The van der Waals surface area contributed by atoms with E-state index in [1.54, 1.807) is 19.1 Å². The summed E-state index contributed by atoms with van der Waals surface area (Å²) >= 11 is 0. The molecule has 2 N–H and O–H groups in total. The highest BCUT2D eigenvalue weighted by atomic mass is 19.1. The molecule has 0 saturated heterocycles. The van der Waals surface area contributed by atoms with E-state index < -0.39 is 11.8 Å². The van der Waals surface area contributed by atoms with Gasteiger partial charge in [0.05, 0.1) is 13.7 Å². The number of hydrogen-bond acceptors (Lipinski definition) is 3. The smallest absolute Gasteiger partial charge is 0.317 e. The van der Waals surface area contributed by atoms with Crippen molar-refractivity contribution in [3.8, 4) is 5.75 Å². The van der Waals surface area contributed by atoms with Crippen LogP contribution < -0.4 is 10.1 Å². The number of nitrogens with one attached hydrogen (secondary N) is 1. The Morgan fingerprint density at radius 1 is 1.62 bits per heavy atom. The zero-order valence-corrected chi connectivity index (χ0v) is 9.16. The summed E-state index contributed by atoms with van der Waals surface area (Å²) in [5.41, 5.74) is 0.777. The molecule has 4 nitrogen and oxygen atoms in total. The van der Waals surface area contributed by atoms with E-state index >= 15 is 0 Å². The fourth-order valence-corrected chi connectivity index (χ4v) is 1.30. The van der Waals surface area contributed by atoms with Gasteiger partial charge in [-0.1, -0.05) is 6.07 Å². The summed E-state index contributed by atoms with van der Waals surface area (Å²) in [6, 6.07) is 4.27. The monoisotopic (exact) mass is 227 g/mol. The highest BCUT2D eigenvalue weighted by Gasteiger charge is 2.10. The zero-order valence-electron chi connectivity index (χ0n) is 9.16. The van der Waals surface area contributed by atoms with E-state index in [0.717, 1.165) is 5.56 Å². The summed E-state index contributed by atoms with van der Waals surface area (Å²) in [5.74, 6) is -1.21. The van der Waals surface area contributed by atoms with Gasteiger partial charge in [-0.2, -0.15) is 0 Å². The van der Waals surface area contributed by atoms with Crippen molar-refractivity contribution in [3.05, 3.63) is 29.6 Å². The normalized spacial score (nSPS) is 12.2. The van der Waals surface area contributed by atoms with Crippen LogP contribution in [0.3, 0.4) is 0 Å². The first kappa shape index (κ1) is 12.4. The molecule has 1 unspecified atom stereocenters. The zero-order chi connectivity index (χ0) is 12.1. The Balaban J connectivity index is 2.75. The summed E-state index contributed by atoms with van der Waals surface area (Å²) in [5, 5.41) is 11.3. The van der Waals surface area contributed by atoms with Crippen molar-refractivity contribution in [1.82, 2.24) is 5.32 Å². The minimum atomic E-state index is -0.930. The predicted molar refractivity (Wildman–Crippen MR) is 57.0 cm³/mol. The highest BCUT2D eigenvalue weighted by Crippen LogP contribution is 2.22. The van der Waals surface area contributed by atoms with Crippen LogP contribution in [-0.4, -0.2) is 24.7 Å². The first-order valence-electron chi connectivity index (χ1n) is 4.83.